The van der Waals surface area contributed by atoms with E-state index in [1.165, 1.54) is 11.3 Å². The van der Waals surface area contributed by atoms with Crippen molar-refractivity contribution in [3.63, 3.8) is 0 Å². The third-order valence-electron chi connectivity index (χ3n) is 5.10. The Morgan fingerprint density at radius 2 is 2.00 bits per heavy atom. The SMILES string of the molecule is COc1ccc(OC)c([C@H]2CC(=O)Nc3c2cnn3-c2nc3ccccc3s2)c1. The lowest BCUT2D eigenvalue weighted by Crippen LogP contribution is -2.24. The first-order valence-electron chi connectivity index (χ1n) is 9.13. The fraction of sp³-hybridized carbons (Fsp3) is 0.190. The number of hydrogen-bond acceptors (Lipinski definition) is 6. The van der Waals surface area contributed by atoms with E-state index < -0.39 is 0 Å². The maximum absolute atomic E-state index is 12.6. The summed E-state index contributed by atoms with van der Waals surface area (Å²) in [6.07, 6.45) is 2.10. The van der Waals surface area contributed by atoms with Crippen molar-refractivity contribution in [2.45, 2.75) is 12.3 Å². The second-order valence-corrected chi connectivity index (χ2v) is 7.75. The van der Waals surface area contributed by atoms with Gasteiger partial charge in [0.2, 0.25) is 11.0 Å². The van der Waals surface area contributed by atoms with E-state index in [4.69, 9.17) is 9.47 Å². The van der Waals surface area contributed by atoms with Gasteiger partial charge in [-0.3, -0.25) is 4.79 Å². The maximum Gasteiger partial charge on any atom is 0.226 e. The second-order valence-electron chi connectivity index (χ2n) is 6.74. The Balaban J connectivity index is 1.64. The number of carbonyl (C=O) groups excluding carboxylic acids is 1. The van der Waals surface area contributed by atoms with Gasteiger partial charge in [-0.05, 0) is 30.3 Å². The number of thiazole rings is 1. The van der Waals surface area contributed by atoms with Gasteiger partial charge in [0.1, 0.15) is 17.3 Å². The van der Waals surface area contributed by atoms with Crippen molar-refractivity contribution in [3.8, 4) is 16.6 Å². The molecule has 2 aromatic heterocycles. The number of methoxy groups -OCH3 is 2. The number of fused-ring (bicyclic) bond motifs is 2. The highest BCUT2D eigenvalue weighted by Gasteiger charge is 2.33. The number of nitrogens with one attached hydrogen (secondary N) is 1. The highest BCUT2D eigenvalue weighted by Crippen LogP contribution is 2.43. The van der Waals surface area contributed by atoms with E-state index in [9.17, 15) is 4.79 Å². The van der Waals surface area contributed by atoms with Crippen LogP contribution in [0.3, 0.4) is 0 Å². The number of amides is 1. The minimum Gasteiger partial charge on any atom is -0.497 e. The van der Waals surface area contributed by atoms with Crippen molar-refractivity contribution in [1.29, 1.82) is 0 Å². The van der Waals surface area contributed by atoms with Crippen LogP contribution in [0.4, 0.5) is 5.82 Å². The number of para-hydroxylation sites is 1. The molecule has 1 N–H and O–H groups in total. The van der Waals surface area contributed by atoms with E-state index >= 15 is 0 Å². The van der Waals surface area contributed by atoms with Gasteiger partial charge in [-0.1, -0.05) is 23.5 Å². The summed E-state index contributed by atoms with van der Waals surface area (Å²) in [7, 11) is 3.25. The van der Waals surface area contributed by atoms with Crippen LogP contribution >= 0.6 is 11.3 Å². The molecule has 3 heterocycles. The number of hydrogen-bond donors (Lipinski definition) is 1. The van der Waals surface area contributed by atoms with Crippen LogP contribution in [0.1, 0.15) is 23.5 Å². The average Bonchev–Trinajstić information content (AvgIpc) is 3.36. The van der Waals surface area contributed by atoms with Crippen molar-refractivity contribution >= 4 is 33.3 Å². The number of anilines is 1. The van der Waals surface area contributed by atoms with Crippen LogP contribution < -0.4 is 14.8 Å². The third-order valence-corrected chi connectivity index (χ3v) is 6.11. The predicted molar refractivity (Wildman–Crippen MR) is 111 cm³/mol. The molecule has 7 nitrogen and oxygen atoms in total. The molecule has 0 spiro atoms. The van der Waals surface area contributed by atoms with Crippen LogP contribution in [0.15, 0.2) is 48.7 Å². The van der Waals surface area contributed by atoms with Crippen molar-refractivity contribution in [2.24, 2.45) is 0 Å². The Morgan fingerprint density at radius 1 is 1.14 bits per heavy atom. The number of benzene rings is 2. The number of nitrogens with zero attached hydrogens (tertiary/aromatic N) is 3. The van der Waals surface area contributed by atoms with E-state index in [1.807, 2.05) is 42.5 Å². The van der Waals surface area contributed by atoms with Crippen LogP contribution in [0.2, 0.25) is 0 Å². The zero-order valence-corrected chi connectivity index (χ0v) is 16.7. The number of carbonyl (C=O) groups is 1. The lowest BCUT2D eigenvalue weighted by atomic mass is 9.86. The highest BCUT2D eigenvalue weighted by molar-refractivity contribution is 7.20. The van der Waals surface area contributed by atoms with Crippen LogP contribution in [0.5, 0.6) is 11.5 Å². The standard InChI is InChI=1S/C21H18N4O3S/c1-27-12-7-8-17(28-2)14(9-12)13-10-19(26)24-20-15(13)11-22-25(20)21-23-16-5-3-4-6-18(16)29-21/h3-9,11,13H,10H2,1-2H3,(H,24,26)/t13-/m1/s1. The van der Waals surface area contributed by atoms with E-state index in [0.717, 1.165) is 21.3 Å². The van der Waals surface area contributed by atoms with Gasteiger partial charge >= 0.3 is 0 Å². The van der Waals surface area contributed by atoms with Crippen LogP contribution in [-0.2, 0) is 4.79 Å². The predicted octanol–water partition coefficient (Wildman–Crippen LogP) is 3.97. The molecule has 8 heteroatoms. The lowest BCUT2D eigenvalue weighted by molar-refractivity contribution is -0.116. The number of aromatic nitrogens is 3. The summed E-state index contributed by atoms with van der Waals surface area (Å²) in [5, 5.41) is 8.24. The topological polar surface area (TPSA) is 78.3 Å². The van der Waals surface area contributed by atoms with E-state index in [-0.39, 0.29) is 11.8 Å². The molecule has 0 radical (unpaired) electrons. The summed E-state index contributed by atoms with van der Waals surface area (Å²) in [4.78, 5) is 17.2. The van der Waals surface area contributed by atoms with Crippen LogP contribution in [0.25, 0.3) is 15.3 Å². The number of rotatable bonds is 4. The summed E-state index contributed by atoms with van der Waals surface area (Å²) < 4.78 is 13.7. The lowest BCUT2D eigenvalue weighted by Gasteiger charge is -2.25. The zero-order valence-electron chi connectivity index (χ0n) is 15.9. The quantitative estimate of drug-likeness (QED) is 0.555. The molecule has 1 aliphatic rings. The molecule has 0 saturated carbocycles. The smallest absolute Gasteiger partial charge is 0.226 e. The molecule has 2 aromatic carbocycles. The summed E-state index contributed by atoms with van der Waals surface area (Å²) >= 11 is 1.53. The Bertz CT molecular complexity index is 1200. The van der Waals surface area contributed by atoms with Gasteiger partial charge in [-0.15, -0.1) is 0 Å². The normalized spacial score (nSPS) is 15.8. The monoisotopic (exact) mass is 406 g/mol. The van der Waals surface area contributed by atoms with Crippen molar-refractivity contribution < 1.29 is 14.3 Å². The van der Waals surface area contributed by atoms with Crippen LogP contribution in [0, 0.1) is 0 Å². The van der Waals surface area contributed by atoms with E-state index in [0.29, 0.717) is 28.9 Å². The molecule has 29 heavy (non-hydrogen) atoms. The first-order valence-corrected chi connectivity index (χ1v) is 9.95. The Labute approximate surface area is 170 Å². The van der Waals surface area contributed by atoms with Crippen LogP contribution in [-0.4, -0.2) is 34.9 Å². The molecule has 1 atom stereocenters. The first-order chi connectivity index (χ1) is 14.2. The van der Waals surface area contributed by atoms with E-state index in [2.05, 4.69) is 15.4 Å². The number of ether oxygens (including phenoxy) is 2. The van der Waals surface area contributed by atoms with Gasteiger partial charge in [0, 0.05) is 23.5 Å². The molecule has 5 rings (SSSR count). The Morgan fingerprint density at radius 3 is 2.79 bits per heavy atom. The summed E-state index contributed by atoms with van der Waals surface area (Å²) in [6.45, 7) is 0. The zero-order chi connectivity index (χ0) is 20.0. The van der Waals surface area contributed by atoms with Gasteiger partial charge in [0.15, 0.2) is 0 Å². The molecule has 4 aromatic rings. The molecular formula is C21H18N4O3S. The third kappa shape index (κ3) is 2.92. The fourth-order valence-corrected chi connectivity index (χ4v) is 4.64. The summed E-state index contributed by atoms with van der Waals surface area (Å²) in [5.74, 6) is 1.81. The molecule has 0 fully saturated rings. The second kappa shape index (κ2) is 6.89. The molecule has 0 bridgehead atoms. The minimum atomic E-state index is -0.188. The molecule has 146 valence electrons. The summed E-state index contributed by atoms with van der Waals surface area (Å²) in [5.41, 5.74) is 2.73. The molecule has 0 aliphatic carbocycles. The molecule has 0 unspecified atom stereocenters. The Kier molecular flexibility index (Phi) is 4.21. The van der Waals surface area contributed by atoms with Crippen molar-refractivity contribution in [3.05, 3.63) is 59.8 Å². The van der Waals surface area contributed by atoms with Gasteiger partial charge in [-0.25, -0.2) is 4.98 Å². The largest absolute Gasteiger partial charge is 0.497 e. The maximum atomic E-state index is 12.6. The van der Waals surface area contributed by atoms with Gasteiger partial charge in [0.25, 0.3) is 0 Å². The molecular weight excluding hydrogens is 388 g/mol. The van der Waals surface area contributed by atoms with Gasteiger partial charge in [-0.2, -0.15) is 9.78 Å². The van der Waals surface area contributed by atoms with Crippen molar-refractivity contribution in [1.82, 2.24) is 14.8 Å². The molecule has 0 saturated heterocycles. The van der Waals surface area contributed by atoms with Crippen molar-refractivity contribution in [2.75, 3.05) is 19.5 Å². The van der Waals surface area contributed by atoms with Gasteiger partial charge < -0.3 is 14.8 Å². The molecule has 1 amide bonds. The summed E-state index contributed by atoms with van der Waals surface area (Å²) in [6, 6.07) is 13.5. The van der Waals surface area contributed by atoms with E-state index in [1.54, 1.807) is 25.1 Å². The molecule has 1 aliphatic heterocycles. The fourth-order valence-electron chi connectivity index (χ4n) is 3.70. The van der Waals surface area contributed by atoms with Gasteiger partial charge in [0.05, 0.1) is 30.6 Å². The first kappa shape index (κ1) is 17.7. The Hall–Kier alpha value is -3.39. The average molecular weight is 406 g/mol. The minimum absolute atomic E-state index is 0.0739. The highest BCUT2D eigenvalue weighted by atomic mass is 32.1.